The summed E-state index contributed by atoms with van der Waals surface area (Å²) in [5, 5.41) is 19.0. The molecule has 0 aliphatic carbocycles. The molecule has 1 rings (SSSR count). The van der Waals surface area contributed by atoms with Gasteiger partial charge in [-0.3, -0.25) is 10.1 Å². The molecule has 0 unspecified atom stereocenters. The Morgan fingerprint density at radius 1 is 1.45 bits per heavy atom. The largest absolute Gasteiger partial charge is 0.378 e. The van der Waals surface area contributed by atoms with Gasteiger partial charge in [0, 0.05) is 17.4 Å². The number of anilines is 1. The highest BCUT2D eigenvalue weighted by atomic mass is 32.2. The predicted octanol–water partition coefficient (Wildman–Crippen LogP) is 1.80. The molecule has 3 N–H and O–H groups in total. The van der Waals surface area contributed by atoms with Crippen LogP contribution in [0.4, 0.5) is 11.4 Å². The highest BCUT2D eigenvalue weighted by Crippen LogP contribution is 2.29. The van der Waals surface area contributed by atoms with E-state index < -0.39 is 14.9 Å². The molecular weight excluding hydrogens is 302 g/mol. The zero-order valence-electron chi connectivity index (χ0n) is 11.4. The molecule has 9 heteroatoms. The second-order valence-electron chi connectivity index (χ2n) is 4.80. The van der Waals surface area contributed by atoms with Crippen molar-refractivity contribution < 1.29 is 13.3 Å². The Labute approximate surface area is 122 Å². The maximum Gasteiger partial charge on any atom is 0.293 e. The number of hydrogen-bond acceptors (Lipinski definition) is 6. The predicted molar refractivity (Wildman–Crippen MR) is 80.6 cm³/mol. The first-order valence-electron chi connectivity index (χ1n) is 5.67. The lowest BCUT2D eigenvalue weighted by molar-refractivity contribution is -0.384. The standard InChI is InChI=1S/C11H17N3O4S2/c1-11(2,19-3)7-13-9-5-4-8(20(12,17)18)6-10(9)14(15)16/h4-6,13H,7H2,1-3H3,(H2,12,17,18). The Morgan fingerprint density at radius 3 is 2.50 bits per heavy atom. The normalized spacial score (nSPS) is 12.2. The smallest absolute Gasteiger partial charge is 0.293 e. The number of thioether (sulfide) groups is 1. The number of hydrogen-bond donors (Lipinski definition) is 2. The molecule has 7 nitrogen and oxygen atoms in total. The maximum absolute atomic E-state index is 11.2. The molecule has 0 aromatic heterocycles. The minimum atomic E-state index is -3.96. The van der Waals surface area contributed by atoms with E-state index in [2.05, 4.69) is 5.32 Å². The summed E-state index contributed by atoms with van der Waals surface area (Å²) >= 11 is 1.62. The van der Waals surface area contributed by atoms with E-state index in [1.807, 2.05) is 20.1 Å². The Kier molecular flexibility index (Phi) is 5.00. The minimum Gasteiger partial charge on any atom is -0.378 e. The van der Waals surface area contributed by atoms with E-state index in [4.69, 9.17) is 5.14 Å². The van der Waals surface area contributed by atoms with Crippen molar-refractivity contribution in [2.75, 3.05) is 18.1 Å². The number of nitro groups is 1. The molecule has 20 heavy (non-hydrogen) atoms. The summed E-state index contributed by atoms with van der Waals surface area (Å²) in [6, 6.07) is 3.56. The number of rotatable bonds is 6. The lowest BCUT2D eigenvalue weighted by atomic mass is 10.2. The van der Waals surface area contributed by atoms with Crippen molar-refractivity contribution in [3.63, 3.8) is 0 Å². The van der Waals surface area contributed by atoms with E-state index in [1.54, 1.807) is 11.8 Å². The van der Waals surface area contributed by atoms with Crippen LogP contribution in [0.25, 0.3) is 0 Å². The van der Waals surface area contributed by atoms with Crippen LogP contribution in [0.1, 0.15) is 13.8 Å². The molecule has 0 saturated carbocycles. The molecule has 0 aliphatic rings. The van der Waals surface area contributed by atoms with Crippen LogP contribution >= 0.6 is 11.8 Å². The zero-order chi connectivity index (χ0) is 15.6. The molecule has 0 atom stereocenters. The lowest BCUT2D eigenvalue weighted by Gasteiger charge is -2.22. The molecule has 0 aliphatic heterocycles. The van der Waals surface area contributed by atoms with Gasteiger partial charge in [-0.15, -0.1) is 0 Å². The quantitative estimate of drug-likeness (QED) is 0.610. The third kappa shape index (κ3) is 4.36. The van der Waals surface area contributed by atoms with Gasteiger partial charge in [0.15, 0.2) is 0 Å². The number of benzene rings is 1. The molecule has 0 saturated heterocycles. The summed E-state index contributed by atoms with van der Waals surface area (Å²) in [7, 11) is -3.96. The number of nitrogens with one attached hydrogen (secondary N) is 1. The molecule has 0 spiro atoms. The monoisotopic (exact) mass is 319 g/mol. The van der Waals surface area contributed by atoms with Gasteiger partial charge < -0.3 is 5.32 Å². The summed E-state index contributed by atoms with van der Waals surface area (Å²) < 4.78 is 22.3. The summed E-state index contributed by atoms with van der Waals surface area (Å²) in [5.74, 6) is 0. The fourth-order valence-electron chi connectivity index (χ4n) is 1.37. The van der Waals surface area contributed by atoms with Gasteiger partial charge in [0.25, 0.3) is 5.69 Å². The van der Waals surface area contributed by atoms with Crippen molar-refractivity contribution in [1.29, 1.82) is 0 Å². The molecule has 112 valence electrons. The number of nitrogens with zero attached hydrogens (tertiary/aromatic N) is 1. The number of nitrogens with two attached hydrogens (primary N) is 1. The van der Waals surface area contributed by atoms with Crippen molar-refractivity contribution in [1.82, 2.24) is 0 Å². The highest BCUT2D eigenvalue weighted by molar-refractivity contribution is 7.99. The van der Waals surface area contributed by atoms with Gasteiger partial charge in [0.1, 0.15) is 5.69 Å². The number of primary sulfonamides is 1. The summed E-state index contributed by atoms with van der Waals surface area (Å²) in [6.07, 6.45) is 1.94. The summed E-state index contributed by atoms with van der Waals surface area (Å²) in [5.41, 5.74) is -0.0436. The molecular formula is C11H17N3O4S2. The van der Waals surface area contributed by atoms with E-state index in [0.29, 0.717) is 6.54 Å². The van der Waals surface area contributed by atoms with Crippen LogP contribution in [0.5, 0.6) is 0 Å². The van der Waals surface area contributed by atoms with Gasteiger partial charge in [0.2, 0.25) is 10.0 Å². The van der Waals surface area contributed by atoms with Gasteiger partial charge in [-0.1, -0.05) is 0 Å². The number of sulfonamides is 1. The molecule has 0 radical (unpaired) electrons. The van der Waals surface area contributed by atoms with Gasteiger partial charge in [-0.25, -0.2) is 13.6 Å². The molecule has 0 heterocycles. The minimum absolute atomic E-state index is 0.105. The van der Waals surface area contributed by atoms with E-state index in [-0.39, 0.29) is 21.0 Å². The Bertz CT molecular complexity index is 614. The SMILES string of the molecule is CSC(C)(C)CNc1ccc(S(N)(=O)=O)cc1[N+](=O)[O-]. The van der Waals surface area contributed by atoms with E-state index in [9.17, 15) is 18.5 Å². The Balaban J connectivity index is 3.12. The van der Waals surface area contributed by atoms with Crippen molar-refractivity contribution in [3.05, 3.63) is 28.3 Å². The van der Waals surface area contributed by atoms with E-state index >= 15 is 0 Å². The van der Waals surface area contributed by atoms with E-state index in [0.717, 1.165) is 6.07 Å². The fourth-order valence-corrected chi connectivity index (χ4v) is 2.12. The second-order valence-corrected chi connectivity index (χ2v) is 7.87. The first kappa shape index (κ1) is 16.7. The lowest BCUT2D eigenvalue weighted by Crippen LogP contribution is -2.26. The van der Waals surface area contributed by atoms with Crippen LogP contribution in [0.3, 0.4) is 0 Å². The van der Waals surface area contributed by atoms with Crippen molar-refractivity contribution in [2.45, 2.75) is 23.5 Å². The van der Waals surface area contributed by atoms with Crippen LogP contribution in [0.2, 0.25) is 0 Å². The van der Waals surface area contributed by atoms with Crippen LogP contribution in [-0.4, -0.2) is 30.9 Å². The van der Waals surface area contributed by atoms with Gasteiger partial charge in [0.05, 0.1) is 9.82 Å². The molecule has 1 aromatic rings. The van der Waals surface area contributed by atoms with Gasteiger partial charge in [-0.2, -0.15) is 11.8 Å². The molecule has 0 fully saturated rings. The van der Waals surface area contributed by atoms with Crippen LogP contribution in [-0.2, 0) is 10.0 Å². The average molecular weight is 319 g/mol. The summed E-state index contributed by atoms with van der Waals surface area (Å²) in [6.45, 7) is 4.49. The Morgan fingerprint density at radius 2 is 2.05 bits per heavy atom. The van der Waals surface area contributed by atoms with Crippen LogP contribution < -0.4 is 10.5 Å². The first-order chi connectivity index (χ1) is 9.07. The first-order valence-corrected chi connectivity index (χ1v) is 8.44. The van der Waals surface area contributed by atoms with Crippen molar-refractivity contribution in [3.8, 4) is 0 Å². The highest BCUT2D eigenvalue weighted by Gasteiger charge is 2.21. The average Bonchev–Trinajstić information content (AvgIpc) is 2.35. The topological polar surface area (TPSA) is 115 Å². The second kappa shape index (κ2) is 5.98. The third-order valence-electron chi connectivity index (χ3n) is 2.75. The fraction of sp³-hybridized carbons (Fsp3) is 0.455. The van der Waals surface area contributed by atoms with Crippen molar-refractivity contribution >= 4 is 33.2 Å². The van der Waals surface area contributed by atoms with Crippen LogP contribution in [0.15, 0.2) is 23.1 Å². The van der Waals surface area contributed by atoms with Gasteiger partial charge >= 0.3 is 0 Å². The molecule has 0 amide bonds. The van der Waals surface area contributed by atoms with E-state index in [1.165, 1.54) is 12.1 Å². The zero-order valence-corrected chi connectivity index (χ0v) is 13.0. The number of nitro benzene ring substituents is 1. The summed E-state index contributed by atoms with van der Waals surface area (Å²) in [4.78, 5) is 10.1. The van der Waals surface area contributed by atoms with Crippen molar-refractivity contribution in [2.24, 2.45) is 5.14 Å². The Hall–Kier alpha value is -1.32. The van der Waals surface area contributed by atoms with Gasteiger partial charge in [-0.05, 0) is 32.2 Å². The third-order valence-corrected chi connectivity index (χ3v) is 4.91. The maximum atomic E-state index is 11.2. The molecule has 1 aromatic carbocycles. The molecule has 0 bridgehead atoms. The van der Waals surface area contributed by atoms with Crippen LogP contribution in [0, 0.1) is 10.1 Å².